The lowest BCUT2D eigenvalue weighted by Gasteiger charge is -2.43. The van der Waals surface area contributed by atoms with Crippen LogP contribution < -0.4 is 15.8 Å². The van der Waals surface area contributed by atoms with E-state index in [2.05, 4.69) is 71.6 Å². The van der Waals surface area contributed by atoms with Crippen LogP contribution in [0.15, 0.2) is 99.6 Å². The van der Waals surface area contributed by atoms with Crippen molar-refractivity contribution in [3.8, 4) is 11.1 Å². The Morgan fingerprint density at radius 2 is 1.48 bits per heavy atom. The zero-order valence-electron chi connectivity index (χ0n) is 15.3. The Hall–Kier alpha value is -2.76. The standard InChI is InChI=1S/C24H14BNOS2/c27-29-21-12-6-4-10-19(21)26-18-9-3-2-8-17(18)25-23-16(13-14-22(29)24(23)26)15-7-1-5-11-20(15)28-25/h1-14H. The average Bonchev–Trinajstić information content (AvgIpc) is 2.79. The van der Waals surface area contributed by atoms with Gasteiger partial charge in [0, 0.05) is 10.6 Å². The highest BCUT2D eigenvalue weighted by molar-refractivity contribution is 8.28. The molecule has 5 heteroatoms. The van der Waals surface area contributed by atoms with E-state index in [0.717, 1.165) is 21.2 Å². The second-order valence-electron chi connectivity index (χ2n) is 7.50. The van der Waals surface area contributed by atoms with Crippen molar-refractivity contribution in [3.05, 3.63) is 84.9 Å². The van der Waals surface area contributed by atoms with Crippen LogP contribution in [0.4, 0.5) is 17.1 Å². The molecule has 0 spiro atoms. The van der Waals surface area contributed by atoms with Gasteiger partial charge in [0.2, 0.25) is 0 Å². The summed E-state index contributed by atoms with van der Waals surface area (Å²) in [5.41, 5.74) is 8.49. The molecule has 0 amide bonds. The minimum absolute atomic E-state index is 0.213. The van der Waals surface area contributed by atoms with E-state index in [1.54, 1.807) is 0 Å². The molecule has 136 valence electrons. The first kappa shape index (κ1) is 16.1. The molecule has 2 nitrogen and oxygen atoms in total. The van der Waals surface area contributed by atoms with Gasteiger partial charge >= 0.3 is 0 Å². The fourth-order valence-corrected chi connectivity index (χ4v) is 7.62. The lowest BCUT2D eigenvalue weighted by molar-refractivity contribution is 0.682. The van der Waals surface area contributed by atoms with Gasteiger partial charge in [-0.15, -0.1) is 0 Å². The van der Waals surface area contributed by atoms with Crippen molar-refractivity contribution in [2.45, 2.75) is 14.7 Å². The molecule has 0 bridgehead atoms. The average molecular weight is 407 g/mol. The van der Waals surface area contributed by atoms with Gasteiger partial charge in [-0.3, -0.25) is 0 Å². The van der Waals surface area contributed by atoms with E-state index in [0.29, 0.717) is 0 Å². The Morgan fingerprint density at radius 3 is 2.41 bits per heavy atom. The summed E-state index contributed by atoms with van der Waals surface area (Å²) in [5.74, 6) is 0.213. The molecule has 29 heavy (non-hydrogen) atoms. The SMILES string of the molecule is O=S1c2ccccc2N2c3ccccc3B3Sc4ccccc4-c4ccc1c2c43. The molecular formula is C24H14BNOS2. The number of nitrogens with zero attached hydrogens (tertiary/aromatic N) is 1. The summed E-state index contributed by atoms with van der Waals surface area (Å²) in [6.45, 7) is 0. The molecule has 1 atom stereocenters. The molecule has 0 saturated carbocycles. The van der Waals surface area contributed by atoms with Gasteiger partial charge in [-0.25, -0.2) is 4.21 Å². The summed E-state index contributed by atoms with van der Waals surface area (Å²) in [6, 6.07) is 29.7. The highest BCUT2D eigenvalue weighted by atomic mass is 32.2. The van der Waals surface area contributed by atoms with Crippen molar-refractivity contribution in [2.75, 3.05) is 4.90 Å². The Morgan fingerprint density at radius 1 is 0.724 bits per heavy atom. The third kappa shape index (κ3) is 1.97. The van der Waals surface area contributed by atoms with Crippen LogP contribution in [-0.4, -0.2) is 10.2 Å². The van der Waals surface area contributed by atoms with Crippen molar-refractivity contribution >= 4 is 56.4 Å². The molecule has 0 aliphatic carbocycles. The molecule has 1 unspecified atom stereocenters. The number of para-hydroxylation sites is 2. The second-order valence-corrected chi connectivity index (χ2v) is 10.1. The van der Waals surface area contributed by atoms with E-state index in [4.69, 9.17) is 0 Å². The first-order valence-electron chi connectivity index (χ1n) is 9.66. The molecule has 4 aromatic carbocycles. The largest absolute Gasteiger partial charge is 0.309 e. The van der Waals surface area contributed by atoms with Crippen molar-refractivity contribution in [1.82, 2.24) is 0 Å². The van der Waals surface area contributed by atoms with Crippen molar-refractivity contribution in [2.24, 2.45) is 0 Å². The summed E-state index contributed by atoms with van der Waals surface area (Å²) in [7, 11) is -1.18. The Balaban J connectivity index is 1.66. The summed E-state index contributed by atoms with van der Waals surface area (Å²) in [5, 5.41) is 0. The topological polar surface area (TPSA) is 20.3 Å². The molecule has 0 aromatic heterocycles. The van der Waals surface area contributed by atoms with E-state index in [-0.39, 0.29) is 5.99 Å². The summed E-state index contributed by atoms with van der Waals surface area (Å²) in [6.07, 6.45) is 0. The maximum Gasteiger partial charge on any atom is 0.285 e. The maximum absolute atomic E-state index is 13.5. The van der Waals surface area contributed by atoms with E-state index in [9.17, 15) is 4.21 Å². The molecule has 3 aliphatic heterocycles. The number of hydrogen-bond acceptors (Lipinski definition) is 3. The number of benzene rings is 4. The molecule has 3 heterocycles. The van der Waals surface area contributed by atoms with Crippen LogP contribution in [0.25, 0.3) is 11.1 Å². The van der Waals surface area contributed by atoms with E-state index in [1.807, 2.05) is 29.8 Å². The van der Waals surface area contributed by atoms with Gasteiger partial charge in [-0.1, -0.05) is 54.6 Å². The minimum Gasteiger partial charge on any atom is -0.309 e. The van der Waals surface area contributed by atoms with Gasteiger partial charge in [0.15, 0.2) is 0 Å². The van der Waals surface area contributed by atoms with Crippen molar-refractivity contribution in [3.63, 3.8) is 0 Å². The van der Waals surface area contributed by atoms with Gasteiger partial charge in [0.25, 0.3) is 5.99 Å². The minimum atomic E-state index is -1.18. The number of anilines is 3. The maximum atomic E-state index is 13.5. The van der Waals surface area contributed by atoms with Crippen LogP contribution in [0.2, 0.25) is 0 Å². The Labute approximate surface area is 176 Å². The highest BCUT2D eigenvalue weighted by Gasteiger charge is 2.44. The first-order chi connectivity index (χ1) is 14.3. The number of hydrogen-bond donors (Lipinski definition) is 0. The summed E-state index contributed by atoms with van der Waals surface area (Å²) >= 11 is 1.91. The molecule has 4 aromatic rings. The molecule has 0 radical (unpaired) electrons. The fraction of sp³-hybridized carbons (Fsp3) is 0. The van der Waals surface area contributed by atoms with Gasteiger partial charge < -0.3 is 4.90 Å². The Bertz CT molecular complexity index is 1380. The summed E-state index contributed by atoms with van der Waals surface area (Å²) < 4.78 is 13.5. The van der Waals surface area contributed by atoms with E-state index in [1.165, 1.54) is 32.6 Å². The monoisotopic (exact) mass is 407 g/mol. The van der Waals surface area contributed by atoms with Crippen LogP contribution in [0, 0.1) is 0 Å². The molecule has 0 fully saturated rings. The quantitative estimate of drug-likeness (QED) is 0.343. The van der Waals surface area contributed by atoms with Crippen molar-refractivity contribution in [1.29, 1.82) is 0 Å². The number of fused-ring (bicyclic) bond motifs is 7. The van der Waals surface area contributed by atoms with E-state index >= 15 is 0 Å². The van der Waals surface area contributed by atoms with Crippen LogP contribution in [-0.2, 0) is 10.8 Å². The lowest BCUT2D eigenvalue weighted by atomic mass is 9.56. The van der Waals surface area contributed by atoms with Gasteiger partial charge in [0.05, 0.1) is 32.0 Å². The zero-order valence-corrected chi connectivity index (χ0v) is 17.0. The third-order valence-electron chi connectivity index (χ3n) is 6.05. The predicted molar refractivity (Wildman–Crippen MR) is 122 cm³/mol. The van der Waals surface area contributed by atoms with Crippen LogP contribution >= 0.6 is 11.6 Å². The lowest BCUT2D eigenvalue weighted by Crippen LogP contribution is -2.51. The van der Waals surface area contributed by atoms with Crippen molar-refractivity contribution < 1.29 is 4.21 Å². The van der Waals surface area contributed by atoms with Gasteiger partial charge in [-0.2, -0.15) is 11.6 Å². The van der Waals surface area contributed by atoms with Gasteiger partial charge in [-0.05, 0) is 52.4 Å². The molecular weight excluding hydrogens is 393 g/mol. The smallest absolute Gasteiger partial charge is 0.285 e. The molecule has 7 rings (SSSR count). The molecule has 0 saturated heterocycles. The van der Waals surface area contributed by atoms with Gasteiger partial charge in [0.1, 0.15) is 0 Å². The normalized spacial score (nSPS) is 17.2. The van der Waals surface area contributed by atoms with Crippen LogP contribution in [0.1, 0.15) is 0 Å². The first-order valence-corrected chi connectivity index (χ1v) is 11.7. The second kappa shape index (κ2) is 5.65. The highest BCUT2D eigenvalue weighted by Crippen LogP contribution is 2.51. The van der Waals surface area contributed by atoms with E-state index < -0.39 is 10.8 Å². The molecule has 3 aliphatic rings. The summed E-state index contributed by atoms with van der Waals surface area (Å²) in [4.78, 5) is 5.45. The molecule has 0 N–H and O–H groups in total. The number of rotatable bonds is 0. The fourth-order valence-electron chi connectivity index (χ4n) is 4.87. The van der Waals surface area contributed by atoms with Crippen LogP contribution in [0.5, 0.6) is 0 Å². The third-order valence-corrected chi connectivity index (χ3v) is 8.86. The van der Waals surface area contributed by atoms with Crippen LogP contribution in [0.3, 0.4) is 0 Å². The Kier molecular flexibility index (Phi) is 3.13. The zero-order chi connectivity index (χ0) is 19.1. The predicted octanol–water partition coefficient (Wildman–Crippen LogP) is 4.83.